The Morgan fingerprint density at radius 2 is 1.55 bits per heavy atom. The summed E-state index contributed by atoms with van der Waals surface area (Å²) in [7, 11) is 0. The Hall–Kier alpha value is -3.00. The molecule has 1 saturated heterocycles. The van der Waals surface area contributed by atoms with Crippen molar-refractivity contribution in [3.8, 4) is 22.4 Å². The first-order valence-electron chi connectivity index (χ1n) is 10.9. The number of aromatic amines is 1. The van der Waals surface area contributed by atoms with Crippen molar-refractivity contribution in [3.63, 3.8) is 0 Å². The molecule has 1 aliphatic heterocycles. The molecule has 3 heterocycles. The van der Waals surface area contributed by atoms with Crippen molar-refractivity contribution in [2.75, 3.05) is 25.0 Å². The SMILES string of the molecule is O=C(CN1CCCCC1)Nc1n[nH]c2nnc(-c3ccc(Cl)cc3)c(-c3ccc(Cl)cc3)c12. The number of H-pyrrole nitrogens is 1. The van der Waals surface area contributed by atoms with Gasteiger partial charge in [0.25, 0.3) is 0 Å². The highest BCUT2D eigenvalue weighted by atomic mass is 35.5. The van der Waals surface area contributed by atoms with Crippen LogP contribution < -0.4 is 5.32 Å². The molecule has 4 aromatic rings. The van der Waals surface area contributed by atoms with Crippen molar-refractivity contribution in [2.24, 2.45) is 0 Å². The average Bonchev–Trinajstić information content (AvgIpc) is 3.23. The minimum Gasteiger partial charge on any atom is -0.308 e. The summed E-state index contributed by atoms with van der Waals surface area (Å²) in [6, 6.07) is 14.9. The van der Waals surface area contributed by atoms with Gasteiger partial charge in [-0.15, -0.1) is 10.2 Å². The van der Waals surface area contributed by atoms with Crippen LogP contribution >= 0.6 is 23.2 Å². The van der Waals surface area contributed by atoms with E-state index in [1.807, 2.05) is 48.5 Å². The molecule has 0 spiro atoms. The molecule has 0 atom stereocenters. The van der Waals surface area contributed by atoms with Gasteiger partial charge < -0.3 is 5.32 Å². The number of carbonyl (C=O) groups is 1. The molecule has 0 aliphatic carbocycles. The van der Waals surface area contributed by atoms with Crippen LogP contribution in [0.25, 0.3) is 33.4 Å². The van der Waals surface area contributed by atoms with Crippen LogP contribution in [0, 0.1) is 0 Å². The van der Waals surface area contributed by atoms with Gasteiger partial charge in [-0.1, -0.05) is 53.9 Å². The van der Waals surface area contributed by atoms with E-state index < -0.39 is 0 Å². The summed E-state index contributed by atoms with van der Waals surface area (Å²) in [4.78, 5) is 15.0. The van der Waals surface area contributed by atoms with Crippen LogP contribution in [0.4, 0.5) is 5.82 Å². The van der Waals surface area contributed by atoms with E-state index in [0.717, 1.165) is 42.6 Å². The van der Waals surface area contributed by atoms with Gasteiger partial charge >= 0.3 is 0 Å². The molecule has 2 aromatic heterocycles. The number of nitrogens with one attached hydrogen (secondary N) is 2. The Labute approximate surface area is 201 Å². The summed E-state index contributed by atoms with van der Waals surface area (Å²) in [5.74, 6) is 0.333. The third kappa shape index (κ3) is 4.71. The number of aromatic nitrogens is 4. The van der Waals surface area contributed by atoms with Crippen molar-refractivity contribution < 1.29 is 4.79 Å². The number of amides is 1. The summed E-state index contributed by atoms with van der Waals surface area (Å²) in [6.07, 6.45) is 3.47. The third-order valence-corrected chi connectivity index (χ3v) is 6.31. The Balaban J connectivity index is 1.59. The highest BCUT2D eigenvalue weighted by molar-refractivity contribution is 6.31. The first-order chi connectivity index (χ1) is 16.1. The smallest absolute Gasteiger partial charge is 0.239 e. The van der Waals surface area contributed by atoms with Crippen LogP contribution in [0.1, 0.15) is 19.3 Å². The lowest BCUT2D eigenvalue weighted by atomic mass is 9.97. The van der Waals surface area contributed by atoms with Crippen molar-refractivity contribution in [1.29, 1.82) is 0 Å². The molecular weight excluding hydrogens is 459 g/mol. The molecule has 1 aliphatic rings. The number of carbonyl (C=O) groups excluding carboxylic acids is 1. The van der Waals surface area contributed by atoms with Crippen molar-refractivity contribution in [3.05, 3.63) is 58.6 Å². The van der Waals surface area contributed by atoms with Crippen LogP contribution in [-0.2, 0) is 4.79 Å². The van der Waals surface area contributed by atoms with Crippen molar-refractivity contribution in [1.82, 2.24) is 25.3 Å². The molecule has 7 nitrogen and oxygen atoms in total. The molecule has 9 heteroatoms. The minimum absolute atomic E-state index is 0.0998. The van der Waals surface area contributed by atoms with Crippen LogP contribution in [0.15, 0.2) is 48.5 Å². The minimum atomic E-state index is -0.0998. The summed E-state index contributed by atoms with van der Waals surface area (Å²) in [5.41, 5.74) is 3.70. The van der Waals surface area contributed by atoms with E-state index in [0.29, 0.717) is 39.1 Å². The number of likely N-dealkylation sites (tertiary alicyclic amines) is 1. The average molecular weight is 481 g/mol. The third-order valence-electron chi connectivity index (χ3n) is 5.81. The number of piperidine rings is 1. The van der Waals surface area contributed by atoms with Gasteiger partial charge in [0.15, 0.2) is 11.5 Å². The number of halogens is 2. The summed E-state index contributed by atoms with van der Waals surface area (Å²) < 4.78 is 0. The van der Waals surface area contributed by atoms with Crippen molar-refractivity contribution in [2.45, 2.75) is 19.3 Å². The Bertz CT molecular complexity index is 1280. The largest absolute Gasteiger partial charge is 0.308 e. The molecule has 168 valence electrons. The van der Waals surface area contributed by atoms with E-state index in [-0.39, 0.29) is 5.91 Å². The first kappa shape index (κ1) is 21.8. The van der Waals surface area contributed by atoms with Gasteiger partial charge in [0, 0.05) is 21.2 Å². The van der Waals surface area contributed by atoms with Gasteiger partial charge in [-0.05, 0) is 55.8 Å². The molecule has 1 fully saturated rings. The molecule has 5 rings (SSSR count). The maximum absolute atomic E-state index is 12.8. The summed E-state index contributed by atoms with van der Waals surface area (Å²) in [5, 5.41) is 21.0. The number of hydrogen-bond acceptors (Lipinski definition) is 5. The van der Waals surface area contributed by atoms with E-state index in [9.17, 15) is 4.79 Å². The second kappa shape index (κ2) is 9.47. The highest BCUT2D eigenvalue weighted by Crippen LogP contribution is 2.38. The number of anilines is 1. The molecule has 1 amide bonds. The second-order valence-corrected chi connectivity index (χ2v) is 8.99. The zero-order valence-electron chi connectivity index (χ0n) is 17.8. The zero-order valence-corrected chi connectivity index (χ0v) is 19.3. The van der Waals surface area contributed by atoms with Gasteiger partial charge in [0.2, 0.25) is 5.91 Å². The molecule has 0 radical (unpaired) electrons. The van der Waals surface area contributed by atoms with Crippen LogP contribution in [0.2, 0.25) is 10.0 Å². The van der Waals surface area contributed by atoms with Crippen molar-refractivity contribution >= 4 is 46.0 Å². The van der Waals surface area contributed by atoms with Crippen LogP contribution in [-0.4, -0.2) is 50.8 Å². The number of benzene rings is 2. The maximum atomic E-state index is 12.8. The highest BCUT2D eigenvalue weighted by Gasteiger charge is 2.22. The maximum Gasteiger partial charge on any atom is 0.239 e. The fraction of sp³-hybridized carbons (Fsp3) is 0.250. The van der Waals surface area contributed by atoms with Gasteiger partial charge in [0.05, 0.1) is 11.9 Å². The standard InChI is InChI=1S/C24H22Cl2N6O/c25-17-8-4-15(5-9-17)20-21-23(27-19(33)14-32-12-2-1-3-13-32)29-31-24(21)30-28-22(20)16-6-10-18(26)11-7-16/h4-11H,1-3,12-14H2,(H2,27,29,30,31,33). The predicted molar refractivity (Wildman–Crippen MR) is 131 cm³/mol. The van der Waals surface area contributed by atoms with Crippen LogP contribution in [0.5, 0.6) is 0 Å². The summed E-state index contributed by atoms with van der Waals surface area (Å²) in [6.45, 7) is 2.22. The number of rotatable bonds is 5. The summed E-state index contributed by atoms with van der Waals surface area (Å²) >= 11 is 12.2. The lowest BCUT2D eigenvalue weighted by molar-refractivity contribution is -0.117. The van der Waals surface area contributed by atoms with E-state index in [1.54, 1.807) is 0 Å². The fourth-order valence-corrected chi connectivity index (χ4v) is 4.45. The molecule has 33 heavy (non-hydrogen) atoms. The van der Waals surface area contributed by atoms with E-state index in [2.05, 4.69) is 30.6 Å². The van der Waals surface area contributed by atoms with Gasteiger partial charge in [0.1, 0.15) is 5.69 Å². The number of hydrogen-bond donors (Lipinski definition) is 2. The zero-order chi connectivity index (χ0) is 22.8. The quantitative estimate of drug-likeness (QED) is 0.398. The van der Waals surface area contributed by atoms with Crippen LogP contribution in [0.3, 0.4) is 0 Å². The Morgan fingerprint density at radius 3 is 2.21 bits per heavy atom. The molecule has 2 aromatic carbocycles. The lowest BCUT2D eigenvalue weighted by Gasteiger charge is -2.25. The predicted octanol–water partition coefficient (Wildman–Crippen LogP) is 5.42. The van der Waals surface area contributed by atoms with E-state index >= 15 is 0 Å². The van der Waals surface area contributed by atoms with E-state index in [4.69, 9.17) is 23.2 Å². The number of fused-ring (bicyclic) bond motifs is 1. The van der Waals surface area contributed by atoms with Gasteiger partial charge in [-0.25, -0.2) is 0 Å². The van der Waals surface area contributed by atoms with Gasteiger partial charge in [-0.3, -0.25) is 14.8 Å². The second-order valence-electron chi connectivity index (χ2n) is 8.12. The molecular formula is C24H22Cl2N6O. The molecule has 2 N–H and O–H groups in total. The Morgan fingerprint density at radius 1 is 0.909 bits per heavy atom. The monoisotopic (exact) mass is 480 g/mol. The van der Waals surface area contributed by atoms with E-state index in [1.165, 1.54) is 6.42 Å². The number of nitrogens with zero attached hydrogens (tertiary/aromatic N) is 4. The molecule has 0 bridgehead atoms. The topological polar surface area (TPSA) is 86.8 Å². The fourth-order valence-electron chi connectivity index (χ4n) is 4.20. The lowest BCUT2D eigenvalue weighted by Crippen LogP contribution is -2.36. The Kier molecular flexibility index (Phi) is 6.26. The first-order valence-corrected chi connectivity index (χ1v) is 11.6. The normalized spacial score (nSPS) is 14.5. The van der Waals surface area contributed by atoms with Gasteiger partial charge in [-0.2, -0.15) is 5.10 Å². The molecule has 0 saturated carbocycles. The molecule has 0 unspecified atom stereocenters.